The van der Waals surface area contributed by atoms with Crippen molar-refractivity contribution in [2.24, 2.45) is 0 Å². The van der Waals surface area contributed by atoms with E-state index in [1.54, 1.807) is 18.8 Å². The van der Waals surface area contributed by atoms with Crippen LogP contribution in [0.3, 0.4) is 0 Å². The zero-order valence-electron chi connectivity index (χ0n) is 5.63. The van der Waals surface area contributed by atoms with E-state index in [0.29, 0.717) is 11.4 Å². The standard InChI is InChI=1S/C6H8N2OS/c1-7-2-5(9)6-3-8-4-10-6/h3-4,7H,2H2,1H3. The summed E-state index contributed by atoms with van der Waals surface area (Å²) in [6.45, 7) is 0.391. The molecule has 1 heterocycles. The van der Waals surface area contributed by atoms with Crippen molar-refractivity contribution in [3.8, 4) is 0 Å². The summed E-state index contributed by atoms with van der Waals surface area (Å²) in [6, 6.07) is 0. The molecule has 0 radical (unpaired) electrons. The van der Waals surface area contributed by atoms with Crippen molar-refractivity contribution in [3.63, 3.8) is 0 Å². The number of rotatable bonds is 3. The lowest BCUT2D eigenvalue weighted by molar-refractivity contribution is 0.0997. The molecule has 10 heavy (non-hydrogen) atoms. The van der Waals surface area contributed by atoms with Crippen molar-refractivity contribution in [1.82, 2.24) is 10.3 Å². The molecule has 0 bridgehead atoms. The molecule has 1 rings (SSSR count). The third-order valence-corrected chi connectivity index (χ3v) is 1.86. The highest BCUT2D eigenvalue weighted by atomic mass is 32.1. The fourth-order valence-corrected chi connectivity index (χ4v) is 1.16. The second kappa shape index (κ2) is 3.43. The maximum absolute atomic E-state index is 11.0. The fraction of sp³-hybridized carbons (Fsp3) is 0.333. The van der Waals surface area contributed by atoms with Gasteiger partial charge in [0.15, 0.2) is 5.78 Å². The van der Waals surface area contributed by atoms with Gasteiger partial charge in [0.25, 0.3) is 0 Å². The quantitative estimate of drug-likeness (QED) is 0.650. The van der Waals surface area contributed by atoms with Crippen LogP contribution in [0.2, 0.25) is 0 Å². The fourth-order valence-electron chi connectivity index (χ4n) is 0.601. The van der Waals surface area contributed by atoms with Gasteiger partial charge in [0.05, 0.1) is 16.9 Å². The Kier molecular flexibility index (Phi) is 2.53. The summed E-state index contributed by atoms with van der Waals surface area (Å²) in [4.78, 5) is 15.5. The van der Waals surface area contributed by atoms with Crippen molar-refractivity contribution in [2.45, 2.75) is 0 Å². The summed E-state index contributed by atoms with van der Waals surface area (Å²) in [5.41, 5.74) is 1.66. The first-order chi connectivity index (χ1) is 4.84. The molecule has 1 aromatic rings. The number of ketones is 1. The van der Waals surface area contributed by atoms with Crippen molar-refractivity contribution < 1.29 is 4.79 Å². The largest absolute Gasteiger partial charge is 0.313 e. The van der Waals surface area contributed by atoms with E-state index in [1.807, 2.05) is 0 Å². The number of hydrogen-bond acceptors (Lipinski definition) is 4. The number of nitrogens with zero attached hydrogens (tertiary/aromatic N) is 1. The Morgan fingerprint density at radius 2 is 2.70 bits per heavy atom. The van der Waals surface area contributed by atoms with Gasteiger partial charge in [0.2, 0.25) is 0 Å². The van der Waals surface area contributed by atoms with E-state index >= 15 is 0 Å². The van der Waals surface area contributed by atoms with Crippen LogP contribution in [0.4, 0.5) is 0 Å². The lowest BCUT2D eigenvalue weighted by Crippen LogP contribution is -2.17. The molecule has 0 saturated carbocycles. The molecule has 0 atom stereocenters. The minimum absolute atomic E-state index is 0.102. The van der Waals surface area contributed by atoms with Crippen LogP contribution in [-0.2, 0) is 0 Å². The first kappa shape index (κ1) is 7.37. The number of thiazole rings is 1. The van der Waals surface area contributed by atoms with Gasteiger partial charge < -0.3 is 5.32 Å². The lowest BCUT2D eigenvalue weighted by atomic mass is 10.3. The Hall–Kier alpha value is -0.740. The molecule has 54 valence electrons. The minimum Gasteiger partial charge on any atom is -0.313 e. The van der Waals surface area contributed by atoms with Crippen molar-refractivity contribution in [2.75, 3.05) is 13.6 Å². The van der Waals surface area contributed by atoms with Crippen LogP contribution in [-0.4, -0.2) is 24.4 Å². The average molecular weight is 156 g/mol. The molecule has 0 aromatic carbocycles. The van der Waals surface area contributed by atoms with Crippen LogP contribution in [0.5, 0.6) is 0 Å². The molecule has 0 aliphatic carbocycles. The highest BCUT2D eigenvalue weighted by Gasteiger charge is 2.03. The topological polar surface area (TPSA) is 42.0 Å². The van der Waals surface area contributed by atoms with Crippen molar-refractivity contribution in [3.05, 3.63) is 16.6 Å². The van der Waals surface area contributed by atoms with Crippen molar-refractivity contribution in [1.29, 1.82) is 0 Å². The zero-order chi connectivity index (χ0) is 7.40. The molecule has 0 aliphatic heterocycles. The zero-order valence-corrected chi connectivity index (χ0v) is 6.44. The highest BCUT2D eigenvalue weighted by Crippen LogP contribution is 2.04. The van der Waals surface area contributed by atoms with Gasteiger partial charge in [-0.3, -0.25) is 9.78 Å². The van der Waals surface area contributed by atoms with Gasteiger partial charge >= 0.3 is 0 Å². The third-order valence-electron chi connectivity index (χ3n) is 1.04. The van der Waals surface area contributed by atoms with Gasteiger partial charge in [0.1, 0.15) is 0 Å². The van der Waals surface area contributed by atoms with Gasteiger partial charge in [-0.15, -0.1) is 11.3 Å². The smallest absolute Gasteiger partial charge is 0.188 e. The van der Waals surface area contributed by atoms with E-state index in [0.717, 1.165) is 0 Å². The first-order valence-electron chi connectivity index (χ1n) is 2.91. The van der Waals surface area contributed by atoms with Crippen molar-refractivity contribution >= 4 is 17.1 Å². The van der Waals surface area contributed by atoms with E-state index < -0.39 is 0 Å². The van der Waals surface area contributed by atoms with Crippen LogP contribution < -0.4 is 5.32 Å². The van der Waals surface area contributed by atoms with E-state index in [4.69, 9.17) is 0 Å². The summed E-state index contributed by atoms with van der Waals surface area (Å²) in [6.07, 6.45) is 1.59. The van der Waals surface area contributed by atoms with Crippen LogP contribution >= 0.6 is 11.3 Å². The molecule has 3 nitrogen and oxygen atoms in total. The van der Waals surface area contributed by atoms with Gasteiger partial charge in [0, 0.05) is 6.20 Å². The second-order valence-electron chi connectivity index (χ2n) is 1.82. The Balaban J connectivity index is 2.59. The van der Waals surface area contributed by atoms with Crippen LogP contribution in [0.15, 0.2) is 11.7 Å². The summed E-state index contributed by atoms with van der Waals surface area (Å²) in [7, 11) is 1.75. The third kappa shape index (κ3) is 1.62. The predicted octanol–water partition coefficient (Wildman–Crippen LogP) is 0.545. The number of aromatic nitrogens is 1. The Morgan fingerprint density at radius 3 is 3.20 bits per heavy atom. The molecule has 1 N–H and O–H groups in total. The number of hydrogen-bond donors (Lipinski definition) is 1. The molecular weight excluding hydrogens is 148 g/mol. The van der Waals surface area contributed by atoms with Gasteiger partial charge in [-0.25, -0.2) is 0 Å². The molecule has 1 aromatic heterocycles. The number of carbonyl (C=O) groups is 1. The molecule has 0 spiro atoms. The molecule has 0 aliphatic rings. The monoisotopic (exact) mass is 156 g/mol. The Labute approximate surface area is 63.1 Å². The van der Waals surface area contributed by atoms with Crippen LogP contribution in [0, 0.1) is 0 Å². The summed E-state index contributed by atoms with van der Waals surface area (Å²) < 4.78 is 0. The summed E-state index contributed by atoms with van der Waals surface area (Å²) in [5, 5.41) is 2.79. The summed E-state index contributed by atoms with van der Waals surface area (Å²) in [5.74, 6) is 0.102. The predicted molar refractivity (Wildman–Crippen MR) is 40.4 cm³/mol. The SMILES string of the molecule is CNCC(=O)c1cncs1. The molecule has 0 saturated heterocycles. The van der Waals surface area contributed by atoms with Crippen LogP contribution in [0.25, 0.3) is 0 Å². The maximum Gasteiger partial charge on any atom is 0.188 e. The molecule has 0 amide bonds. The normalized spacial score (nSPS) is 9.70. The van der Waals surface area contributed by atoms with Gasteiger partial charge in [-0.2, -0.15) is 0 Å². The highest BCUT2D eigenvalue weighted by molar-refractivity contribution is 7.11. The maximum atomic E-state index is 11.0. The van der Waals surface area contributed by atoms with E-state index in [1.165, 1.54) is 11.3 Å². The number of likely N-dealkylation sites (N-methyl/N-ethyl adjacent to an activating group) is 1. The van der Waals surface area contributed by atoms with Crippen LogP contribution in [0.1, 0.15) is 9.67 Å². The number of carbonyl (C=O) groups excluding carboxylic acids is 1. The lowest BCUT2D eigenvalue weighted by Gasteiger charge is -1.92. The van der Waals surface area contributed by atoms with Gasteiger partial charge in [-0.05, 0) is 7.05 Å². The number of nitrogens with one attached hydrogen (secondary N) is 1. The average Bonchev–Trinajstić information content (AvgIpc) is 2.38. The molecule has 0 fully saturated rings. The molecule has 4 heteroatoms. The molecule has 0 unspecified atom stereocenters. The van der Waals surface area contributed by atoms with E-state index in [2.05, 4.69) is 10.3 Å². The second-order valence-corrected chi connectivity index (χ2v) is 2.71. The van der Waals surface area contributed by atoms with E-state index in [-0.39, 0.29) is 5.78 Å². The minimum atomic E-state index is 0.102. The van der Waals surface area contributed by atoms with E-state index in [9.17, 15) is 4.79 Å². The Bertz CT molecular complexity index is 208. The Morgan fingerprint density at radius 1 is 1.90 bits per heavy atom. The summed E-state index contributed by atoms with van der Waals surface area (Å²) >= 11 is 1.37. The number of Topliss-reactive ketones (excluding diaryl/α,β-unsaturated/α-hetero) is 1. The first-order valence-corrected chi connectivity index (χ1v) is 3.79. The molecular formula is C6H8N2OS. The van der Waals surface area contributed by atoms with Gasteiger partial charge in [-0.1, -0.05) is 0 Å².